The highest BCUT2D eigenvalue weighted by Crippen LogP contribution is 2.18. The van der Waals surface area contributed by atoms with E-state index in [-0.39, 0.29) is 0 Å². The van der Waals surface area contributed by atoms with Gasteiger partial charge in [-0.25, -0.2) is 0 Å². The molecule has 1 saturated heterocycles. The quantitative estimate of drug-likeness (QED) is 0.727. The Morgan fingerprint density at radius 3 is 2.27 bits per heavy atom. The van der Waals surface area contributed by atoms with Gasteiger partial charge in [0.25, 0.3) is 0 Å². The molecular weight excluding hydrogens is 184 g/mol. The Balaban J connectivity index is 2.47. The van der Waals surface area contributed by atoms with Crippen LogP contribution in [0, 0.1) is 11.8 Å². The largest absolute Gasteiger partial charge is 0.315 e. The Bertz CT molecular complexity index is 166. The maximum atomic E-state index is 3.50. The molecule has 0 radical (unpaired) electrons. The van der Waals surface area contributed by atoms with E-state index < -0.39 is 0 Å². The topological polar surface area (TPSA) is 15.3 Å². The molecule has 1 N–H and O–H groups in total. The van der Waals surface area contributed by atoms with Crippen LogP contribution < -0.4 is 5.32 Å². The molecule has 2 atom stereocenters. The molecule has 0 aromatic carbocycles. The molecule has 0 aliphatic carbocycles. The third kappa shape index (κ3) is 3.46. The van der Waals surface area contributed by atoms with Crippen molar-refractivity contribution in [3.63, 3.8) is 0 Å². The van der Waals surface area contributed by atoms with Gasteiger partial charge in [-0.2, -0.15) is 0 Å². The number of hydrogen-bond donors (Lipinski definition) is 1. The molecule has 0 amide bonds. The summed E-state index contributed by atoms with van der Waals surface area (Å²) in [6, 6.07) is 0.774. The molecule has 0 saturated carbocycles. The summed E-state index contributed by atoms with van der Waals surface area (Å²) in [5.74, 6) is 1.71. The Morgan fingerprint density at radius 2 is 1.87 bits per heavy atom. The van der Waals surface area contributed by atoms with E-state index in [1.165, 1.54) is 39.0 Å². The molecule has 2 nitrogen and oxygen atoms in total. The van der Waals surface area contributed by atoms with Crippen molar-refractivity contribution in [3.8, 4) is 0 Å². The van der Waals surface area contributed by atoms with Gasteiger partial charge in [-0.1, -0.05) is 40.5 Å². The Kier molecular flexibility index (Phi) is 5.62. The summed E-state index contributed by atoms with van der Waals surface area (Å²) in [6.45, 7) is 14.2. The molecule has 0 aromatic rings. The Labute approximate surface area is 95.4 Å². The minimum Gasteiger partial charge on any atom is -0.315 e. The number of rotatable bonds is 6. The van der Waals surface area contributed by atoms with Gasteiger partial charge in [-0.3, -0.25) is 4.90 Å². The molecule has 90 valence electrons. The van der Waals surface area contributed by atoms with Gasteiger partial charge in [0.1, 0.15) is 0 Å². The fraction of sp³-hybridized carbons (Fsp3) is 1.00. The lowest BCUT2D eigenvalue weighted by Gasteiger charge is -2.32. The number of hydrogen-bond acceptors (Lipinski definition) is 2. The lowest BCUT2D eigenvalue weighted by molar-refractivity contribution is 0.155. The van der Waals surface area contributed by atoms with E-state index in [4.69, 9.17) is 0 Å². The van der Waals surface area contributed by atoms with Crippen LogP contribution in [0.4, 0.5) is 0 Å². The summed E-state index contributed by atoms with van der Waals surface area (Å²) in [5.41, 5.74) is 0. The molecule has 15 heavy (non-hydrogen) atoms. The molecule has 0 aromatic heterocycles. The standard InChI is InChI=1S/C13H28N2/c1-5-12(6-2)10-15(7-3)13-9-14-8-11(13)4/h11-14H,5-10H2,1-4H3. The van der Waals surface area contributed by atoms with E-state index in [1.807, 2.05) is 0 Å². The average Bonchev–Trinajstić information content (AvgIpc) is 2.67. The van der Waals surface area contributed by atoms with Crippen LogP contribution in [0.2, 0.25) is 0 Å². The van der Waals surface area contributed by atoms with E-state index in [0.717, 1.165) is 17.9 Å². The van der Waals surface area contributed by atoms with Gasteiger partial charge in [0.15, 0.2) is 0 Å². The molecule has 2 heteroatoms. The lowest BCUT2D eigenvalue weighted by Crippen LogP contribution is -2.42. The zero-order valence-corrected chi connectivity index (χ0v) is 10.9. The van der Waals surface area contributed by atoms with Crippen LogP contribution in [0.3, 0.4) is 0 Å². The van der Waals surface area contributed by atoms with Crippen LogP contribution in [0.1, 0.15) is 40.5 Å². The molecule has 1 rings (SSSR count). The van der Waals surface area contributed by atoms with E-state index in [9.17, 15) is 0 Å². The summed E-state index contributed by atoms with van der Waals surface area (Å²) >= 11 is 0. The second-order valence-electron chi connectivity index (χ2n) is 4.97. The van der Waals surface area contributed by atoms with Crippen molar-refractivity contribution >= 4 is 0 Å². The minimum absolute atomic E-state index is 0.774. The molecule has 0 bridgehead atoms. The van der Waals surface area contributed by atoms with E-state index in [0.29, 0.717) is 0 Å². The van der Waals surface area contributed by atoms with Crippen LogP contribution in [0.25, 0.3) is 0 Å². The fourth-order valence-electron chi connectivity index (χ4n) is 2.66. The first-order valence-corrected chi connectivity index (χ1v) is 6.67. The first-order valence-electron chi connectivity index (χ1n) is 6.67. The van der Waals surface area contributed by atoms with Gasteiger partial charge in [-0.15, -0.1) is 0 Å². The molecule has 2 unspecified atom stereocenters. The fourth-order valence-corrected chi connectivity index (χ4v) is 2.66. The van der Waals surface area contributed by atoms with Crippen molar-refractivity contribution in [2.24, 2.45) is 11.8 Å². The Morgan fingerprint density at radius 1 is 1.20 bits per heavy atom. The van der Waals surface area contributed by atoms with Crippen molar-refractivity contribution in [1.29, 1.82) is 0 Å². The molecule has 1 fully saturated rings. The lowest BCUT2D eigenvalue weighted by atomic mass is 9.99. The zero-order valence-electron chi connectivity index (χ0n) is 10.9. The first kappa shape index (κ1) is 13.0. The highest BCUT2D eigenvalue weighted by atomic mass is 15.2. The van der Waals surface area contributed by atoms with E-state index in [1.54, 1.807) is 0 Å². The summed E-state index contributed by atoms with van der Waals surface area (Å²) < 4.78 is 0. The van der Waals surface area contributed by atoms with E-state index >= 15 is 0 Å². The predicted octanol–water partition coefficient (Wildman–Crippen LogP) is 2.35. The van der Waals surface area contributed by atoms with Gasteiger partial charge in [0.2, 0.25) is 0 Å². The smallest absolute Gasteiger partial charge is 0.0258 e. The van der Waals surface area contributed by atoms with Crippen LogP contribution in [0.5, 0.6) is 0 Å². The van der Waals surface area contributed by atoms with Gasteiger partial charge in [0, 0.05) is 19.1 Å². The maximum absolute atomic E-state index is 3.50. The second kappa shape index (κ2) is 6.49. The molecule has 1 heterocycles. The van der Waals surface area contributed by atoms with Crippen LogP contribution in [0.15, 0.2) is 0 Å². The van der Waals surface area contributed by atoms with Gasteiger partial charge in [0.05, 0.1) is 0 Å². The average molecular weight is 212 g/mol. The summed E-state index contributed by atoms with van der Waals surface area (Å²) in [5, 5.41) is 3.50. The second-order valence-corrected chi connectivity index (χ2v) is 4.97. The predicted molar refractivity (Wildman–Crippen MR) is 67.1 cm³/mol. The van der Waals surface area contributed by atoms with Crippen LogP contribution in [-0.2, 0) is 0 Å². The molecular formula is C13H28N2. The summed E-state index contributed by atoms with van der Waals surface area (Å²) in [7, 11) is 0. The van der Waals surface area contributed by atoms with Crippen molar-refractivity contribution in [3.05, 3.63) is 0 Å². The minimum atomic E-state index is 0.774. The van der Waals surface area contributed by atoms with Gasteiger partial charge in [-0.05, 0) is 24.9 Å². The third-order valence-electron chi connectivity index (χ3n) is 4.00. The van der Waals surface area contributed by atoms with Crippen molar-refractivity contribution in [2.45, 2.75) is 46.6 Å². The summed E-state index contributed by atoms with van der Waals surface area (Å²) in [4.78, 5) is 2.68. The zero-order chi connectivity index (χ0) is 11.3. The SMILES string of the molecule is CCC(CC)CN(CC)C1CNCC1C. The van der Waals surface area contributed by atoms with Crippen LogP contribution >= 0.6 is 0 Å². The van der Waals surface area contributed by atoms with E-state index in [2.05, 4.69) is 37.9 Å². The van der Waals surface area contributed by atoms with Gasteiger partial charge < -0.3 is 5.32 Å². The summed E-state index contributed by atoms with van der Waals surface area (Å²) in [6.07, 6.45) is 2.64. The normalized spacial score (nSPS) is 26.8. The Hall–Kier alpha value is -0.0800. The highest BCUT2D eigenvalue weighted by molar-refractivity contribution is 4.86. The maximum Gasteiger partial charge on any atom is 0.0258 e. The van der Waals surface area contributed by atoms with Crippen molar-refractivity contribution in [1.82, 2.24) is 10.2 Å². The molecule has 1 aliphatic rings. The van der Waals surface area contributed by atoms with Crippen molar-refractivity contribution in [2.75, 3.05) is 26.2 Å². The highest BCUT2D eigenvalue weighted by Gasteiger charge is 2.28. The molecule has 1 aliphatic heterocycles. The van der Waals surface area contributed by atoms with Crippen LogP contribution in [-0.4, -0.2) is 37.1 Å². The third-order valence-corrected chi connectivity index (χ3v) is 4.00. The van der Waals surface area contributed by atoms with Gasteiger partial charge >= 0.3 is 0 Å². The number of nitrogens with zero attached hydrogens (tertiary/aromatic N) is 1. The number of nitrogens with one attached hydrogen (secondary N) is 1. The van der Waals surface area contributed by atoms with Crippen molar-refractivity contribution < 1.29 is 0 Å². The monoisotopic (exact) mass is 212 g/mol. The first-order chi connectivity index (χ1) is 7.22. The molecule has 0 spiro atoms. The number of likely N-dealkylation sites (N-methyl/N-ethyl adjacent to an activating group) is 1.